The Morgan fingerprint density at radius 1 is 1.32 bits per heavy atom. The van der Waals surface area contributed by atoms with Crippen LogP contribution in [0.25, 0.3) is 0 Å². The van der Waals surface area contributed by atoms with Gasteiger partial charge in [0.15, 0.2) is 0 Å². The summed E-state index contributed by atoms with van der Waals surface area (Å²) >= 11 is 1.71. The number of thiazole rings is 1. The normalized spacial score (nSPS) is 12.7. The lowest BCUT2D eigenvalue weighted by Gasteiger charge is -2.14. The highest BCUT2D eigenvalue weighted by molar-refractivity contribution is 7.11. The lowest BCUT2D eigenvalue weighted by Crippen LogP contribution is -2.18. The fraction of sp³-hybridized carbons (Fsp3) is 0.400. The van der Waals surface area contributed by atoms with E-state index in [1.807, 2.05) is 32.9 Å². The summed E-state index contributed by atoms with van der Waals surface area (Å²) in [5.41, 5.74) is 2.74. The van der Waals surface area contributed by atoms with Gasteiger partial charge >= 0.3 is 0 Å². The van der Waals surface area contributed by atoms with E-state index in [0.29, 0.717) is 5.56 Å². The third kappa shape index (κ3) is 3.39. The number of rotatable bonds is 4. The molecule has 2 rings (SSSR count). The maximum Gasteiger partial charge on any atom is 0.126 e. The van der Waals surface area contributed by atoms with Gasteiger partial charge in [-0.05, 0) is 44.9 Å². The molecule has 1 heterocycles. The molecule has 1 aromatic carbocycles. The van der Waals surface area contributed by atoms with Gasteiger partial charge in [-0.2, -0.15) is 0 Å². The minimum absolute atomic E-state index is 0.122. The molecule has 0 aliphatic carbocycles. The Morgan fingerprint density at radius 3 is 2.63 bits per heavy atom. The molecule has 0 aliphatic heterocycles. The number of nitrogens with zero attached hydrogens (tertiary/aromatic N) is 1. The molecule has 0 saturated carbocycles. The van der Waals surface area contributed by atoms with E-state index in [9.17, 15) is 4.39 Å². The second-order valence-corrected chi connectivity index (χ2v) is 6.14. The van der Waals surface area contributed by atoms with E-state index in [4.69, 9.17) is 0 Å². The second-order valence-electron chi connectivity index (χ2n) is 4.85. The number of aromatic nitrogens is 1. The van der Waals surface area contributed by atoms with Crippen LogP contribution in [-0.2, 0) is 6.54 Å². The van der Waals surface area contributed by atoms with E-state index in [1.165, 1.54) is 4.88 Å². The van der Waals surface area contributed by atoms with E-state index in [2.05, 4.69) is 10.3 Å². The number of hydrogen-bond acceptors (Lipinski definition) is 3. The first kappa shape index (κ1) is 14.2. The maximum absolute atomic E-state index is 13.5. The zero-order valence-electron chi connectivity index (χ0n) is 11.7. The van der Waals surface area contributed by atoms with Gasteiger partial charge in [0.25, 0.3) is 0 Å². The quantitative estimate of drug-likeness (QED) is 0.912. The summed E-state index contributed by atoms with van der Waals surface area (Å²) in [6.07, 6.45) is 0. The van der Waals surface area contributed by atoms with Crippen molar-refractivity contribution in [1.82, 2.24) is 10.3 Å². The average Bonchev–Trinajstić information content (AvgIpc) is 2.68. The van der Waals surface area contributed by atoms with E-state index in [-0.39, 0.29) is 11.9 Å². The fourth-order valence-electron chi connectivity index (χ4n) is 1.98. The Hall–Kier alpha value is -1.26. The van der Waals surface area contributed by atoms with Crippen molar-refractivity contribution in [3.05, 3.63) is 50.7 Å². The van der Waals surface area contributed by atoms with Crippen molar-refractivity contribution in [2.45, 2.75) is 40.3 Å². The summed E-state index contributed by atoms with van der Waals surface area (Å²) in [5, 5.41) is 4.51. The number of nitrogens with one attached hydrogen (secondary N) is 1. The molecule has 1 N–H and O–H groups in total. The summed E-state index contributed by atoms with van der Waals surface area (Å²) in [6, 6.07) is 5.53. The average molecular weight is 278 g/mol. The van der Waals surface area contributed by atoms with Crippen LogP contribution in [0, 0.1) is 26.6 Å². The minimum Gasteiger partial charge on any atom is -0.305 e. The van der Waals surface area contributed by atoms with Gasteiger partial charge in [0.2, 0.25) is 0 Å². The summed E-state index contributed by atoms with van der Waals surface area (Å²) in [6.45, 7) is 8.64. The molecule has 1 atom stereocenters. The number of benzene rings is 1. The topological polar surface area (TPSA) is 24.9 Å². The Kier molecular flexibility index (Phi) is 4.32. The Morgan fingerprint density at radius 2 is 2.05 bits per heavy atom. The number of halogens is 1. The Bertz CT molecular complexity index is 578. The molecule has 2 nitrogen and oxygen atoms in total. The smallest absolute Gasteiger partial charge is 0.126 e. The van der Waals surface area contributed by atoms with Crippen molar-refractivity contribution in [3.8, 4) is 0 Å². The van der Waals surface area contributed by atoms with Crippen LogP contribution < -0.4 is 5.32 Å². The van der Waals surface area contributed by atoms with Crippen molar-refractivity contribution in [2.75, 3.05) is 0 Å². The zero-order chi connectivity index (χ0) is 14.0. The molecule has 0 spiro atoms. The van der Waals surface area contributed by atoms with Crippen LogP contribution in [0.1, 0.15) is 39.7 Å². The maximum atomic E-state index is 13.5. The molecule has 0 fully saturated rings. The molecule has 2 aromatic rings. The van der Waals surface area contributed by atoms with Crippen LogP contribution in [0.5, 0.6) is 0 Å². The SMILES string of the molecule is Cc1nc(C)c(CNC(C)c2ccc(C)c(F)c2)s1. The van der Waals surface area contributed by atoms with Crippen molar-refractivity contribution in [2.24, 2.45) is 0 Å². The summed E-state index contributed by atoms with van der Waals surface area (Å²) in [5.74, 6) is -0.143. The third-order valence-corrected chi connectivity index (χ3v) is 4.34. The largest absolute Gasteiger partial charge is 0.305 e. The monoisotopic (exact) mass is 278 g/mol. The van der Waals surface area contributed by atoms with Crippen molar-refractivity contribution >= 4 is 11.3 Å². The zero-order valence-corrected chi connectivity index (χ0v) is 12.6. The molecule has 102 valence electrons. The van der Waals surface area contributed by atoms with Crippen LogP contribution >= 0.6 is 11.3 Å². The molecule has 0 radical (unpaired) electrons. The van der Waals surface area contributed by atoms with E-state index < -0.39 is 0 Å². The Balaban J connectivity index is 2.03. The van der Waals surface area contributed by atoms with Crippen LogP contribution in [-0.4, -0.2) is 4.98 Å². The van der Waals surface area contributed by atoms with Crippen LogP contribution in [0.15, 0.2) is 18.2 Å². The van der Waals surface area contributed by atoms with Gasteiger partial charge in [-0.15, -0.1) is 11.3 Å². The molecule has 4 heteroatoms. The predicted molar refractivity (Wildman–Crippen MR) is 78.0 cm³/mol. The molecule has 0 amide bonds. The molecule has 0 bridgehead atoms. The molecular formula is C15H19FN2S. The summed E-state index contributed by atoms with van der Waals surface area (Å²) in [4.78, 5) is 5.65. The Labute approximate surface area is 117 Å². The van der Waals surface area contributed by atoms with E-state index in [1.54, 1.807) is 24.3 Å². The highest BCUT2D eigenvalue weighted by Crippen LogP contribution is 2.20. The lowest BCUT2D eigenvalue weighted by atomic mass is 10.1. The van der Waals surface area contributed by atoms with Crippen molar-refractivity contribution in [1.29, 1.82) is 0 Å². The first-order valence-corrected chi connectivity index (χ1v) is 7.21. The molecule has 19 heavy (non-hydrogen) atoms. The van der Waals surface area contributed by atoms with Gasteiger partial charge in [-0.3, -0.25) is 0 Å². The van der Waals surface area contributed by atoms with Gasteiger partial charge in [0.1, 0.15) is 5.82 Å². The van der Waals surface area contributed by atoms with Crippen molar-refractivity contribution < 1.29 is 4.39 Å². The van der Waals surface area contributed by atoms with E-state index >= 15 is 0 Å². The van der Waals surface area contributed by atoms with Gasteiger partial charge < -0.3 is 5.32 Å². The van der Waals surface area contributed by atoms with Gasteiger partial charge in [-0.1, -0.05) is 12.1 Å². The van der Waals surface area contributed by atoms with Crippen LogP contribution in [0.3, 0.4) is 0 Å². The molecule has 1 unspecified atom stereocenters. The van der Waals surface area contributed by atoms with E-state index in [0.717, 1.165) is 22.8 Å². The molecule has 0 saturated heterocycles. The van der Waals surface area contributed by atoms with Gasteiger partial charge in [0.05, 0.1) is 10.7 Å². The molecular weight excluding hydrogens is 259 g/mol. The molecule has 1 aromatic heterocycles. The van der Waals surface area contributed by atoms with Crippen LogP contribution in [0.4, 0.5) is 4.39 Å². The van der Waals surface area contributed by atoms with Crippen LogP contribution in [0.2, 0.25) is 0 Å². The predicted octanol–water partition coefficient (Wildman–Crippen LogP) is 4.06. The summed E-state index contributed by atoms with van der Waals surface area (Å²) in [7, 11) is 0. The first-order valence-electron chi connectivity index (χ1n) is 6.39. The second kappa shape index (κ2) is 5.80. The third-order valence-electron chi connectivity index (χ3n) is 3.26. The van der Waals surface area contributed by atoms with Gasteiger partial charge in [0, 0.05) is 17.5 Å². The first-order chi connectivity index (χ1) is 8.97. The summed E-state index contributed by atoms with van der Waals surface area (Å²) < 4.78 is 13.5. The molecule has 0 aliphatic rings. The minimum atomic E-state index is -0.143. The number of hydrogen-bond donors (Lipinski definition) is 1. The van der Waals surface area contributed by atoms with Crippen molar-refractivity contribution in [3.63, 3.8) is 0 Å². The fourth-order valence-corrected chi connectivity index (χ4v) is 2.87. The van der Waals surface area contributed by atoms with Gasteiger partial charge in [-0.25, -0.2) is 9.37 Å². The standard InChI is InChI=1S/C15H19FN2S/c1-9-5-6-13(7-14(9)16)10(2)17-8-15-11(3)18-12(4)19-15/h5-7,10,17H,8H2,1-4H3. The highest BCUT2D eigenvalue weighted by atomic mass is 32.1. The lowest BCUT2D eigenvalue weighted by molar-refractivity contribution is 0.565. The highest BCUT2D eigenvalue weighted by Gasteiger charge is 2.10. The number of aryl methyl sites for hydroxylation is 3.